The number of nitrogens with one attached hydrogen (secondary N) is 1. The van der Waals surface area contributed by atoms with E-state index in [1.807, 2.05) is 26.0 Å². The average molecular weight is 491 g/mol. The molecule has 0 unspecified atom stereocenters. The van der Waals surface area contributed by atoms with Crippen LogP contribution in [0.15, 0.2) is 42.5 Å². The van der Waals surface area contributed by atoms with Gasteiger partial charge < -0.3 is 9.47 Å². The highest BCUT2D eigenvalue weighted by Gasteiger charge is 2.28. The third-order valence-electron chi connectivity index (χ3n) is 7.25. The highest BCUT2D eigenvalue weighted by molar-refractivity contribution is 7.92. The number of nitrogens with zero attached hydrogens (tertiary/aromatic N) is 3. The Labute approximate surface area is 208 Å². The Hall–Kier alpha value is -2.98. The number of fused-ring (bicyclic) bond motifs is 1. The lowest BCUT2D eigenvalue weighted by atomic mass is 9.92. The summed E-state index contributed by atoms with van der Waals surface area (Å²) in [5.41, 5.74) is 5.50. The van der Waals surface area contributed by atoms with Crippen LogP contribution >= 0.6 is 0 Å². The maximum Gasteiger partial charge on any atom is 0.232 e. The molecule has 3 aromatic rings. The van der Waals surface area contributed by atoms with Crippen molar-refractivity contribution >= 4 is 32.3 Å². The first-order valence-corrected chi connectivity index (χ1v) is 14.5. The largest absolute Gasteiger partial charge is 0.371 e. The summed E-state index contributed by atoms with van der Waals surface area (Å²) in [7, 11) is -3.39. The number of hydrogen-bond donors (Lipinski definition) is 1. The van der Waals surface area contributed by atoms with Crippen LogP contribution in [-0.4, -0.2) is 31.8 Å². The molecule has 2 aromatic carbocycles. The maximum atomic E-state index is 12.4. The molecule has 0 spiro atoms. The van der Waals surface area contributed by atoms with Crippen molar-refractivity contribution < 1.29 is 8.42 Å². The number of nitriles is 1. The minimum atomic E-state index is -3.39. The summed E-state index contributed by atoms with van der Waals surface area (Å²) in [4.78, 5) is 2.46. The van der Waals surface area contributed by atoms with Crippen molar-refractivity contribution in [1.29, 1.82) is 5.26 Å². The van der Waals surface area contributed by atoms with E-state index >= 15 is 0 Å². The molecular weight excluding hydrogens is 456 g/mol. The smallest absolute Gasteiger partial charge is 0.232 e. The summed E-state index contributed by atoms with van der Waals surface area (Å²) in [6.45, 7) is 5.95. The van der Waals surface area contributed by atoms with Crippen LogP contribution in [0, 0.1) is 17.2 Å². The van der Waals surface area contributed by atoms with E-state index in [-0.39, 0.29) is 11.7 Å². The van der Waals surface area contributed by atoms with Crippen molar-refractivity contribution in [2.75, 3.05) is 28.5 Å². The Morgan fingerprint density at radius 1 is 1.03 bits per heavy atom. The van der Waals surface area contributed by atoms with E-state index in [1.54, 1.807) is 12.1 Å². The Morgan fingerprint density at radius 2 is 1.74 bits per heavy atom. The molecule has 0 bridgehead atoms. The molecule has 7 heteroatoms. The van der Waals surface area contributed by atoms with Crippen molar-refractivity contribution in [3.8, 4) is 17.3 Å². The van der Waals surface area contributed by atoms with Gasteiger partial charge in [-0.1, -0.05) is 26.0 Å². The lowest BCUT2D eigenvalue weighted by molar-refractivity contribution is 0.324. The summed E-state index contributed by atoms with van der Waals surface area (Å²) >= 11 is 0. The normalized spacial score (nSPS) is 16.9. The second-order valence-electron chi connectivity index (χ2n) is 10.4. The summed E-state index contributed by atoms with van der Waals surface area (Å²) in [6, 6.07) is 16.9. The Kier molecular flexibility index (Phi) is 6.50. The molecule has 0 atom stereocenters. The Morgan fingerprint density at radius 3 is 2.34 bits per heavy atom. The van der Waals surface area contributed by atoms with Gasteiger partial charge in [-0.25, -0.2) is 8.42 Å². The third kappa shape index (κ3) is 4.77. The van der Waals surface area contributed by atoms with E-state index in [0.29, 0.717) is 17.3 Å². The van der Waals surface area contributed by atoms with Crippen molar-refractivity contribution in [3.05, 3.63) is 48.0 Å². The number of rotatable bonds is 7. The molecule has 1 aliphatic heterocycles. The van der Waals surface area contributed by atoms with E-state index in [2.05, 4.69) is 38.5 Å². The summed E-state index contributed by atoms with van der Waals surface area (Å²) in [5.74, 6) is 0.140. The predicted molar refractivity (Wildman–Crippen MR) is 143 cm³/mol. The predicted octanol–water partition coefficient (Wildman–Crippen LogP) is 6.29. The van der Waals surface area contributed by atoms with Gasteiger partial charge in [0.2, 0.25) is 10.0 Å². The van der Waals surface area contributed by atoms with E-state index in [0.717, 1.165) is 48.1 Å². The van der Waals surface area contributed by atoms with Crippen LogP contribution in [0.5, 0.6) is 0 Å². The first-order valence-electron chi connectivity index (χ1n) is 12.8. The monoisotopic (exact) mass is 490 g/mol. The summed E-state index contributed by atoms with van der Waals surface area (Å²) in [5, 5.41) is 11.2. The van der Waals surface area contributed by atoms with Gasteiger partial charge in [0.1, 0.15) is 6.07 Å². The van der Waals surface area contributed by atoms with Crippen LogP contribution in [0.4, 0.5) is 11.4 Å². The fourth-order valence-electron chi connectivity index (χ4n) is 5.42. The highest BCUT2D eigenvalue weighted by Crippen LogP contribution is 2.43. The van der Waals surface area contributed by atoms with Gasteiger partial charge in [-0.3, -0.25) is 4.72 Å². The SMILES string of the molecule is CC(C)CS(=O)(=O)Nc1ccc(-c2c(C#N)c3ccc(N4CCCCC4)cc3n2C2CCC2)cc1. The molecule has 1 N–H and O–H groups in total. The third-order valence-corrected chi connectivity index (χ3v) is 8.90. The van der Waals surface area contributed by atoms with Crippen molar-refractivity contribution in [1.82, 2.24) is 4.57 Å². The summed E-state index contributed by atoms with van der Waals surface area (Å²) in [6.07, 6.45) is 7.18. The van der Waals surface area contributed by atoms with Gasteiger partial charge in [-0.2, -0.15) is 5.26 Å². The molecule has 2 fully saturated rings. The molecule has 2 heterocycles. The Bertz CT molecular complexity index is 1360. The number of anilines is 2. The fraction of sp³-hybridized carbons (Fsp3) is 0.464. The number of sulfonamides is 1. The van der Waals surface area contributed by atoms with Gasteiger partial charge >= 0.3 is 0 Å². The van der Waals surface area contributed by atoms with E-state index in [1.165, 1.54) is 31.4 Å². The highest BCUT2D eigenvalue weighted by atomic mass is 32.2. The number of hydrogen-bond acceptors (Lipinski definition) is 4. The first kappa shape index (κ1) is 23.7. The van der Waals surface area contributed by atoms with Gasteiger partial charge in [-0.05, 0) is 80.3 Å². The average Bonchev–Trinajstić information content (AvgIpc) is 3.11. The van der Waals surface area contributed by atoms with Crippen LogP contribution in [0.25, 0.3) is 22.2 Å². The fourth-order valence-corrected chi connectivity index (χ4v) is 6.88. The number of benzene rings is 2. The van der Waals surface area contributed by atoms with Gasteiger partial charge in [0.25, 0.3) is 0 Å². The second-order valence-corrected chi connectivity index (χ2v) is 12.2. The lowest BCUT2D eigenvalue weighted by Crippen LogP contribution is -2.29. The molecule has 5 rings (SSSR count). The first-order chi connectivity index (χ1) is 16.9. The molecule has 0 radical (unpaired) electrons. The number of piperidine rings is 1. The van der Waals surface area contributed by atoms with E-state index in [9.17, 15) is 13.7 Å². The molecule has 35 heavy (non-hydrogen) atoms. The molecule has 1 saturated carbocycles. The zero-order valence-electron chi connectivity index (χ0n) is 20.6. The molecule has 6 nitrogen and oxygen atoms in total. The quantitative estimate of drug-likeness (QED) is 0.422. The molecule has 2 aliphatic rings. The van der Waals surface area contributed by atoms with E-state index in [4.69, 9.17) is 0 Å². The molecule has 1 aromatic heterocycles. The van der Waals surface area contributed by atoms with Gasteiger partial charge in [0.05, 0.1) is 22.5 Å². The van der Waals surface area contributed by atoms with Gasteiger partial charge in [-0.15, -0.1) is 0 Å². The molecule has 1 aliphatic carbocycles. The van der Waals surface area contributed by atoms with Crippen molar-refractivity contribution in [2.45, 2.75) is 58.4 Å². The van der Waals surface area contributed by atoms with Crippen molar-refractivity contribution in [3.63, 3.8) is 0 Å². The minimum Gasteiger partial charge on any atom is -0.371 e. The van der Waals surface area contributed by atoms with Crippen LogP contribution in [-0.2, 0) is 10.0 Å². The standard InChI is InChI=1S/C28H34N4O2S/c1-20(2)19-35(33,34)30-22-11-9-21(10-12-22)28-26(18-29)25-14-13-24(31-15-4-3-5-16-31)17-27(25)32(28)23-7-6-8-23/h9-14,17,20,23,30H,3-8,15-16,19H2,1-2H3. The molecule has 0 amide bonds. The van der Waals surface area contributed by atoms with Crippen LogP contribution in [0.2, 0.25) is 0 Å². The molecular formula is C28H34N4O2S. The zero-order chi connectivity index (χ0) is 24.6. The maximum absolute atomic E-state index is 12.4. The Balaban J connectivity index is 1.57. The molecule has 184 valence electrons. The zero-order valence-corrected chi connectivity index (χ0v) is 21.4. The van der Waals surface area contributed by atoms with E-state index < -0.39 is 10.0 Å². The lowest BCUT2D eigenvalue weighted by Gasteiger charge is -2.31. The van der Waals surface area contributed by atoms with Crippen LogP contribution in [0.3, 0.4) is 0 Å². The van der Waals surface area contributed by atoms with Gasteiger partial charge in [0.15, 0.2) is 0 Å². The van der Waals surface area contributed by atoms with Crippen molar-refractivity contribution in [2.24, 2.45) is 5.92 Å². The second kappa shape index (κ2) is 9.58. The number of aromatic nitrogens is 1. The molecule has 1 saturated heterocycles. The van der Waals surface area contributed by atoms with Gasteiger partial charge in [0, 0.05) is 35.9 Å². The summed E-state index contributed by atoms with van der Waals surface area (Å²) < 4.78 is 29.8. The minimum absolute atomic E-state index is 0.0537. The van der Waals surface area contributed by atoms with Crippen LogP contribution < -0.4 is 9.62 Å². The topological polar surface area (TPSA) is 78.1 Å². The van der Waals surface area contributed by atoms with Crippen LogP contribution in [0.1, 0.15) is 64.0 Å².